The van der Waals surface area contributed by atoms with Gasteiger partial charge in [0.1, 0.15) is 11.8 Å². The van der Waals surface area contributed by atoms with Gasteiger partial charge in [0.05, 0.1) is 16.7 Å². The van der Waals surface area contributed by atoms with Crippen molar-refractivity contribution in [2.75, 3.05) is 13.2 Å². The predicted octanol–water partition coefficient (Wildman–Crippen LogP) is 5.49. The SMILES string of the molecule is CCCNC(=O)C(CC)N(Cc1ccc(Cl)c(Cl)c1)C(=O)CCCOc1ccccc1. The molecule has 31 heavy (non-hydrogen) atoms. The summed E-state index contributed by atoms with van der Waals surface area (Å²) in [4.78, 5) is 27.5. The number of para-hydroxylation sites is 1. The van der Waals surface area contributed by atoms with Gasteiger partial charge in [-0.25, -0.2) is 0 Å². The lowest BCUT2D eigenvalue weighted by atomic mass is 10.1. The van der Waals surface area contributed by atoms with Crippen molar-refractivity contribution < 1.29 is 14.3 Å². The topological polar surface area (TPSA) is 58.6 Å². The molecule has 168 valence electrons. The predicted molar refractivity (Wildman–Crippen MR) is 126 cm³/mol. The summed E-state index contributed by atoms with van der Waals surface area (Å²) in [5.74, 6) is 0.535. The van der Waals surface area contributed by atoms with Crippen LogP contribution in [0.3, 0.4) is 0 Å². The Morgan fingerprint density at radius 3 is 2.45 bits per heavy atom. The molecule has 2 aromatic rings. The number of rotatable bonds is 12. The highest BCUT2D eigenvalue weighted by molar-refractivity contribution is 6.42. The van der Waals surface area contributed by atoms with Crippen LogP contribution in [0.25, 0.3) is 0 Å². The van der Waals surface area contributed by atoms with Gasteiger partial charge in [0.25, 0.3) is 0 Å². The van der Waals surface area contributed by atoms with Crippen molar-refractivity contribution in [1.29, 1.82) is 0 Å². The molecular formula is C24H30Cl2N2O3. The summed E-state index contributed by atoms with van der Waals surface area (Å²) in [5, 5.41) is 3.78. The minimum atomic E-state index is -0.552. The molecular weight excluding hydrogens is 435 g/mol. The van der Waals surface area contributed by atoms with Crippen molar-refractivity contribution >= 4 is 35.0 Å². The maximum atomic E-state index is 13.1. The number of hydrogen-bond donors (Lipinski definition) is 1. The molecule has 1 N–H and O–H groups in total. The quantitative estimate of drug-likeness (QED) is 0.422. The maximum absolute atomic E-state index is 13.1. The molecule has 1 unspecified atom stereocenters. The molecule has 2 aromatic carbocycles. The third kappa shape index (κ3) is 8.08. The van der Waals surface area contributed by atoms with Gasteiger partial charge in [0.2, 0.25) is 11.8 Å². The van der Waals surface area contributed by atoms with E-state index in [-0.39, 0.29) is 24.8 Å². The Morgan fingerprint density at radius 1 is 1.06 bits per heavy atom. The number of nitrogens with zero attached hydrogens (tertiary/aromatic N) is 1. The Bertz CT molecular complexity index is 846. The molecule has 2 amide bonds. The Morgan fingerprint density at radius 2 is 1.81 bits per heavy atom. The summed E-state index contributed by atoms with van der Waals surface area (Å²) in [7, 11) is 0. The van der Waals surface area contributed by atoms with Crippen LogP contribution in [0.4, 0.5) is 0 Å². The van der Waals surface area contributed by atoms with Gasteiger partial charge in [-0.2, -0.15) is 0 Å². The van der Waals surface area contributed by atoms with E-state index < -0.39 is 6.04 Å². The number of carbonyl (C=O) groups excluding carboxylic acids is 2. The van der Waals surface area contributed by atoms with Crippen LogP contribution in [-0.2, 0) is 16.1 Å². The molecule has 0 spiro atoms. The fourth-order valence-electron chi connectivity index (χ4n) is 3.19. The van der Waals surface area contributed by atoms with Crippen molar-refractivity contribution in [1.82, 2.24) is 10.2 Å². The molecule has 2 rings (SSSR count). The van der Waals surface area contributed by atoms with Crippen LogP contribution >= 0.6 is 23.2 Å². The van der Waals surface area contributed by atoms with Gasteiger partial charge in [0.15, 0.2) is 0 Å². The van der Waals surface area contributed by atoms with Crippen molar-refractivity contribution in [2.24, 2.45) is 0 Å². The molecule has 0 aromatic heterocycles. The summed E-state index contributed by atoms with van der Waals surface area (Å²) in [5.41, 5.74) is 0.824. The molecule has 0 fully saturated rings. The first-order chi connectivity index (χ1) is 15.0. The van der Waals surface area contributed by atoms with Crippen molar-refractivity contribution in [3.8, 4) is 5.75 Å². The first kappa shape index (κ1) is 25.0. The van der Waals surface area contributed by atoms with Crippen molar-refractivity contribution in [3.05, 3.63) is 64.1 Å². The lowest BCUT2D eigenvalue weighted by Crippen LogP contribution is -2.49. The number of benzene rings is 2. The normalized spacial score (nSPS) is 11.6. The maximum Gasteiger partial charge on any atom is 0.242 e. The third-order valence-electron chi connectivity index (χ3n) is 4.82. The fourth-order valence-corrected chi connectivity index (χ4v) is 3.51. The summed E-state index contributed by atoms with van der Waals surface area (Å²) in [6.45, 7) is 5.19. The molecule has 5 nitrogen and oxygen atoms in total. The first-order valence-corrected chi connectivity index (χ1v) is 11.4. The van der Waals surface area contributed by atoms with Crippen LogP contribution < -0.4 is 10.1 Å². The van der Waals surface area contributed by atoms with Crippen molar-refractivity contribution in [3.63, 3.8) is 0 Å². The van der Waals surface area contributed by atoms with Gasteiger partial charge < -0.3 is 15.0 Å². The van der Waals surface area contributed by atoms with E-state index in [1.165, 1.54) is 0 Å². The molecule has 0 radical (unpaired) electrons. The van der Waals surface area contributed by atoms with Gasteiger partial charge in [-0.1, -0.05) is 61.3 Å². The number of amides is 2. The Kier molecular flexibility index (Phi) is 10.7. The van der Waals surface area contributed by atoms with E-state index in [1.807, 2.05) is 50.2 Å². The van der Waals surface area contributed by atoms with E-state index in [9.17, 15) is 9.59 Å². The zero-order valence-corrected chi connectivity index (χ0v) is 19.6. The zero-order valence-electron chi connectivity index (χ0n) is 18.1. The van der Waals surface area contributed by atoms with Crippen LogP contribution in [0.5, 0.6) is 5.75 Å². The minimum absolute atomic E-state index is 0.0961. The van der Waals surface area contributed by atoms with Crippen LogP contribution in [0, 0.1) is 0 Å². The average molecular weight is 465 g/mol. The Labute approximate surface area is 194 Å². The van der Waals surface area contributed by atoms with Crippen LogP contribution in [0.2, 0.25) is 10.0 Å². The van der Waals surface area contributed by atoms with Gasteiger partial charge >= 0.3 is 0 Å². The highest BCUT2D eigenvalue weighted by atomic mass is 35.5. The average Bonchev–Trinajstić information content (AvgIpc) is 2.78. The number of halogens is 2. The van der Waals surface area contributed by atoms with E-state index in [0.29, 0.717) is 36.0 Å². The number of nitrogens with one attached hydrogen (secondary N) is 1. The van der Waals surface area contributed by atoms with Gasteiger partial charge in [-0.3, -0.25) is 9.59 Å². The lowest BCUT2D eigenvalue weighted by molar-refractivity contribution is -0.141. The molecule has 0 aliphatic carbocycles. The van der Waals surface area contributed by atoms with Gasteiger partial charge in [0, 0.05) is 19.5 Å². The first-order valence-electron chi connectivity index (χ1n) is 10.6. The second-order valence-electron chi connectivity index (χ2n) is 7.25. The largest absolute Gasteiger partial charge is 0.494 e. The molecule has 7 heteroatoms. The van der Waals surface area contributed by atoms with Crippen LogP contribution in [-0.4, -0.2) is 35.9 Å². The molecule has 0 bridgehead atoms. The third-order valence-corrected chi connectivity index (χ3v) is 5.56. The highest BCUT2D eigenvalue weighted by Crippen LogP contribution is 2.24. The molecule has 0 saturated carbocycles. The molecule has 1 atom stereocenters. The zero-order chi connectivity index (χ0) is 22.6. The molecule has 0 heterocycles. The number of carbonyl (C=O) groups is 2. The smallest absolute Gasteiger partial charge is 0.242 e. The van der Waals surface area contributed by atoms with Gasteiger partial charge in [-0.15, -0.1) is 0 Å². The van der Waals surface area contributed by atoms with E-state index in [4.69, 9.17) is 27.9 Å². The summed E-state index contributed by atoms with van der Waals surface area (Å²) >= 11 is 12.2. The Balaban J connectivity index is 2.07. The van der Waals surface area contributed by atoms with Crippen LogP contribution in [0.1, 0.15) is 45.1 Å². The Hall–Kier alpha value is -2.24. The van der Waals surface area contributed by atoms with Crippen LogP contribution in [0.15, 0.2) is 48.5 Å². The standard InChI is InChI=1S/C24H30Cl2N2O3/c1-3-14-27-24(30)22(4-2)28(17-18-12-13-20(25)21(26)16-18)23(29)11-8-15-31-19-9-6-5-7-10-19/h5-7,9-10,12-13,16,22H,3-4,8,11,14-15,17H2,1-2H3,(H,27,30). The number of ether oxygens (including phenoxy) is 1. The molecule has 0 saturated heterocycles. The monoisotopic (exact) mass is 464 g/mol. The second kappa shape index (κ2) is 13.2. The molecule has 0 aliphatic heterocycles. The minimum Gasteiger partial charge on any atom is -0.494 e. The summed E-state index contributed by atoms with van der Waals surface area (Å²) in [6, 6.07) is 14.2. The van der Waals surface area contributed by atoms with E-state index in [1.54, 1.807) is 17.0 Å². The lowest BCUT2D eigenvalue weighted by Gasteiger charge is -2.31. The highest BCUT2D eigenvalue weighted by Gasteiger charge is 2.28. The summed E-state index contributed by atoms with van der Waals surface area (Å²) < 4.78 is 5.69. The van der Waals surface area contributed by atoms with Gasteiger partial charge in [-0.05, 0) is 49.1 Å². The van der Waals surface area contributed by atoms with E-state index >= 15 is 0 Å². The second-order valence-corrected chi connectivity index (χ2v) is 8.06. The fraction of sp³-hybridized carbons (Fsp3) is 0.417. The van der Waals surface area contributed by atoms with E-state index in [2.05, 4.69) is 5.32 Å². The summed E-state index contributed by atoms with van der Waals surface area (Å²) in [6.07, 6.45) is 2.19. The molecule has 0 aliphatic rings. The number of hydrogen-bond acceptors (Lipinski definition) is 3. The van der Waals surface area contributed by atoms with E-state index in [0.717, 1.165) is 17.7 Å². The van der Waals surface area contributed by atoms with Crippen molar-refractivity contribution in [2.45, 2.75) is 52.1 Å².